The van der Waals surface area contributed by atoms with Crippen LogP contribution in [0.4, 0.5) is 15.6 Å². The van der Waals surface area contributed by atoms with Gasteiger partial charge in [-0.1, -0.05) is 40.1 Å². The lowest BCUT2D eigenvalue weighted by atomic mass is 10.1. The van der Waals surface area contributed by atoms with Gasteiger partial charge in [0.15, 0.2) is 5.13 Å². The normalized spacial score (nSPS) is 14.2. The molecule has 1 aromatic heterocycles. The first kappa shape index (κ1) is 21.1. The number of aromatic nitrogens is 1. The Morgan fingerprint density at radius 2 is 2.14 bits per heavy atom. The molecule has 2 aromatic rings. The van der Waals surface area contributed by atoms with E-state index in [1.54, 1.807) is 11.1 Å². The van der Waals surface area contributed by atoms with E-state index in [0.717, 1.165) is 32.8 Å². The molecule has 1 saturated carbocycles. The van der Waals surface area contributed by atoms with Crippen LogP contribution in [0.3, 0.4) is 0 Å². The number of urea groups is 1. The van der Waals surface area contributed by atoms with Gasteiger partial charge in [0.2, 0.25) is 0 Å². The van der Waals surface area contributed by atoms with Gasteiger partial charge in [0, 0.05) is 16.7 Å². The zero-order valence-electron chi connectivity index (χ0n) is 15.5. The molecule has 150 valence electrons. The summed E-state index contributed by atoms with van der Waals surface area (Å²) < 4.78 is 1.78. The maximum Gasteiger partial charge on any atom is 0.328 e. The average Bonchev–Trinajstić information content (AvgIpc) is 3.32. The van der Waals surface area contributed by atoms with Crippen LogP contribution in [-0.4, -0.2) is 34.4 Å². The third kappa shape index (κ3) is 5.71. The van der Waals surface area contributed by atoms with Gasteiger partial charge in [0.25, 0.3) is 0 Å². The smallest absolute Gasteiger partial charge is 0.328 e. The van der Waals surface area contributed by atoms with Crippen molar-refractivity contribution >= 4 is 61.8 Å². The molecular weight excluding hydrogens is 462 g/mol. The predicted octanol–water partition coefficient (Wildman–Crippen LogP) is 5.62. The summed E-state index contributed by atoms with van der Waals surface area (Å²) in [6, 6.07) is 5.71. The largest absolute Gasteiger partial charge is 0.481 e. The number of benzene rings is 1. The van der Waals surface area contributed by atoms with Gasteiger partial charge in [-0.25, -0.2) is 9.78 Å². The molecule has 0 aliphatic heterocycles. The number of halogens is 1. The van der Waals surface area contributed by atoms with E-state index in [2.05, 4.69) is 26.2 Å². The summed E-state index contributed by atoms with van der Waals surface area (Å²) in [6.45, 7) is 2.69. The number of aliphatic carboxylic acids is 1. The molecule has 0 bridgehead atoms. The Hall–Kier alpha value is -1.58. The van der Waals surface area contributed by atoms with Crippen LogP contribution in [0.2, 0.25) is 0 Å². The number of hydrogen-bond donors (Lipinski definition) is 2. The molecule has 3 rings (SSSR count). The van der Waals surface area contributed by atoms with Crippen molar-refractivity contribution in [2.24, 2.45) is 5.92 Å². The van der Waals surface area contributed by atoms with Crippen LogP contribution < -0.4 is 10.2 Å². The Balaban J connectivity index is 1.74. The highest BCUT2D eigenvalue weighted by Crippen LogP contribution is 2.31. The second-order valence-electron chi connectivity index (χ2n) is 6.79. The summed E-state index contributed by atoms with van der Waals surface area (Å²) >= 11 is 6.00. The molecule has 0 atom stereocenters. The van der Waals surface area contributed by atoms with Gasteiger partial charge in [-0.15, -0.1) is 11.8 Å². The third-order valence-corrected chi connectivity index (χ3v) is 7.63. The second-order valence-corrected chi connectivity index (χ2v) is 9.95. The SMILES string of the molecule is Cc1cc(N(CC2CCCC2)C(=O)Nc2ncc(SCC(=O)O)s2)ccc1Br. The quantitative estimate of drug-likeness (QED) is 0.499. The lowest BCUT2D eigenvalue weighted by Crippen LogP contribution is -2.38. The molecular formula is C19H22BrN3O3S2. The number of aryl methyl sites for hydroxylation is 1. The van der Waals surface area contributed by atoms with Crippen molar-refractivity contribution < 1.29 is 14.7 Å². The summed E-state index contributed by atoms with van der Waals surface area (Å²) in [6.07, 6.45) is 6.32. The molecule has 1 aliphatic rings. The van der Waals surface area contributed by atoms with Gasteiger partial charge < -0.3 is 5.11 Å². The Morgan fingerprint density at radius 3 is 2.82 bits per heavy atom. The summed E-state index contributed by atoms with van der Waals surface area (Å²) in [7, 11) is 0. The highest BCUT2D eigenvalue weighted by atomic mass is 79.9. The zero-order chi connectivity index (χ0) is 20.1. The number of carbonyl (C=O) groups is 2. The van der Waals surface area contributed by atoms with Gasteiger partial charge >= 0.3 is 12.0 Å². The minimum atomic E-state index is -0.877. The number of anilines is 2. The van der Waals surface area contributed by atoms with Gasteiger partial charge in [-0.2, -0.15) is 0 Å². The zero-order valence-corrected chi connectivity index (χ0v) is 18.7. The van der Waals surface area contributed by atoms with Gasteiger partial charge in [-0.3, -0.25) is 15.0 Å². The number of rotatable bonds is 7. The van der Waals surface area contributed by atoms with Crippen LogP contribution >= 0.6 is 39.0 Å². The van der Waals surface area contributed by atoms with Crippen molar-refractivity contribution in [3.8, 4) is 0 Å². The standard InChI is InChI=1S/C19H22BrN3O3S2/c1-12-8-14(6-7-15(12)20)23(10-13-4-2-3-5-13)19(26)22-18-21-9-17(28-18)27-11-16(24)25/h6-9,13H,2-5,10-11H2,1H3,(H,24,25)(H,21,22,26). The van der Waals surface area contributed by atoms with E-state index in [0.29, 0.717) is 17.6 Å². The van der Waals surface area contributed by atoms with Crippen molar-refractivity contribution in [3.05, 3.63) is 34.4 Å². The minimum Gasteiger partial charge on any atom is -0.481 e. The topological polar surface area (TPSA) is 82.5 Å². The fraction of sp³-hybridized carbons (Fsp3) is 0.421. The van der Waals surface area contributed by atoms with E-state index in [9.17, 15) is 9.59 Å². The van der Waals surface area contributed by atoms with E-state index < -0.39 is 5.97 Å². The Kier molecular flexibility index (Phi) is 7.36. The van der Waals surface area contributed by atoms with Crippen molar-refractivity contribution in [3.63, 3.8) is 0 Å². The number of thioether (sulfide) groups is 1. The summed E-state index contributed by atoms with van der Waals surface area (Å²) in [5, 5.41) is 12.1. The molecule has 0 radical (unpaired) electrons. The second kappa shape index (κ2) is 9.76. The fourth-order valence-electron chi connectivity index (χ4n) is 3.23. The van der Waals surface area contributed by atoms with E-state index in [1.807, 2.05) is 25.1 Å². The number of nitrogens with one attached hydrogen (secondary N) is 1. The average molecular weight is 484 g/mol. The van der Waals surface area contributed by atoms with E-state index in [1.165, 1.54) is 35.9 Å². The first-order valence-corrected chi connectivity index (χ1v) is 11.7. The molecule has 1 aliphatic carbocycles. The van der Waals surface area contributed by atoms with Gasteiger partial charge in [0.1, 0.15) is 0 Å². The lowest BCUT2D eigenvalue weighted by Gasteiger charge is -2.26. The Labute approximate surface area is 180 Å². The molecule has 0 saturated heterocycles. The fourth-order valence-corrected chi connectivity index (χ4v) is 5.06. The van der Waals surface area contributed by atoms with Crippen LogP contribution in [0.25, 0.3) is 0 Å². The number of hydrogen-bond acceptors (Lipinski definition) is 5. The number of carbonyl (C=O) groups excluding carboxylic acids is 1. The van der Waals surface area contributed by atoms with E-state index in [4.69, 9.17) is 5.11 Å². The Bertz CT molecular complexity index is 853. The number of amides is 2. The molecule has 0 unspecified atom stereocenters. The molecule has 2 N–H and O–H groups in total. The highest BCUT2D eigenvalue weighted by molar-refractivity contribution is 9.10. The monoisotopic (exact) mass is 483 g/mol. The number of nitrogens with zero attached hydrogens (tertiary/aromatic N) is 2. The van der Waals surface area contributed by atoms with Crippen LogP contribution in [0.15, 0.2) is 33.1 Å². The minimum absolute atomic E-state index is 0.0262. The van der Waals surface area contributed by atoms with Crippen LogP contribution in [0.1, 0.15) is 31.2 Å². The predicted molar refractivity (Wildman–Crippen MR) is 118 cm³/mol. The summed E-state index contributed by atoms with van der Waals surface area (Å²) in [4.78, 5) is 29.7. The summed E-state index contributed by atoms with van der Waals surface area (Å²) in [5.74, 6) is -0.397. The van der Waals surface area contributed by atoms with Crippen molar-refractivity contribution in [2.45, 2.75) is 36.8 Å². The molecule has 9 heteroatoms. The molecule has 6 nitrogen and oxygen atoms in total. The molecule has 2 amide bonds. The molecule has 1 heterocycles. The Morgan fingerprint density at radius 1 is 1.39 bits per heavy atom. The van der Waals surface area contributed by atoms with Crippen LogP contribution in [-0.2, 0) is 4.79 Å². The number of carboxylic acids is 1. The first-order chi connectivity index (χ1) is 13.4. The molecule has 1 fully saturated rings. The first-order valence-electron chi connectivity index (χ1n) is 9.07. The maximum atomic E-state index is 13.0. The molecule has 28 heavy (non-hydrogen) atoms. The van der Waals surface area contributed by atoms with Crippen molar-refractivity contribution in [2.75, 3.05) is 22.5 Å². The highest BCUT2D eigenvalue weighted by Gasteiger charge is 2.24. The van der Waals surface area contributed by atoms with Crippen LogP contribution in [0.5, 0.6) is 0 Å². The molecule has 0 spiro atoms. The molecule has 1 aromatic carbocycles. The van der Waals surface area contributed by atoms with Crippen molar-refractivity contribution in [1.82, 2.24) is 4.98 Å². The van der Waals surface area contributed by atoms with Crippen molar-refractivity contribution in [1.29, 1.82) is 0 Å². The number of thiazole rings is 1. The third-order valence-electron chi connectivity index (χ3n) is 4.65. The lowest BCUT2D eigenvalue weighted by molar-refractivity contribution is -0.133. The van der Waals surface area contributed by atoms with Gasteiger partial charge in [-0.05, 0) is 49.4 Å². The number of carboxylic acid groups (broad SMARTS) is 1. The van der Waals surface area contributed by atoms with Crippen LogP contribution in [0, 0.1) is 12.8 Å². The van der Waals surface area contributed by atoms with Gasteiger partial charge in [0.05, 0.1) is 16.2 Å². The van der Waals surface area contributed by atoms with E-state index >= 15 is 0 Å². The van der Waals surface area contributed by atoms with E-state index in [-0.39, 0.29) is 11.8 Å². The maximum absolute atomic E-state index is 13.0. The summed E-state index contributed by atoms with van der Waals surface area (Å²) in [5.41, 5.74) is 1.94.